The van der Waals surface area contributed by atoms with Gasteiger partial charge in [-0.05, 0) is 26.0 Å². The molecule has 0 unspecified atom stereocenters. The number of carbonyl (C=O) groups is 1. The summed E-state index contributed by atoms with van der Waals surface area (Å²) in [6.45, 7) is 5.48. The van der Waals surface area contributed by atoms with Gasteiger partial charge in [0.2, 0.25) is 0 Å². The highest BCUT2D eigenvalue weighted by atomic mass is 16.2. The zero-order valence-corrected chi connectivity index (χ0v) is 9.45. The molecule has 1 N–H and O–H groups in total. The first-order valence-electron chi connectivity index (χ1n) is 5.14. The number of nitrogens with one attached hydrogen (secondary N) is 1. The van der Waals surface area contributed by atoms with Gasteiger partial charge in [-0.15, -0.1) is 0 Å². The monoisotopic (exact) mass is 207 g/mol. The van der Waals surface area contributed by atoms with Crippen LogP contribution in [0.4, 0.5) is 5.82 Å². The molecule has 0 fully saturated rings. The molecule has 0 aromatic carbocycles. The SMILES string of the molecule is CCNc1ccc(C(=O)N(C)CC)cn1. The molecule has 1 heterocycles. The first-order chi connectivity index (χ1) is 7.19. The van der Waals surface area contributed by atoms with Gasteiger partial charge in [0, 0.05) is 26.3 Å². The molecular formula is C11H17N3O. The average molecular weight is 207 g/mol. The van der Waals surface area contributed by atoms with Crippen molar-refractivity contribution in [3.05, 3.63) is 23.9 Å². The molecule has 0 saturated carbocycles. The van der Waals surface area contributed by atoms with Crippen LogP contribution in [0.2, 0.25) is 0 Å². The number of hydrogen-bond donors (Lipinski definition) is 1. The third kappa shape index (κ3) is 2.94. The average Bonchev–Trinajstić information content (AvgIpc) is 2.28. The fraction of sp³-hybridized carbons (Fsp3) is 0.455. The standard InChI is InChI=1S/C11H17N3O/c1-4-12-10-7-6-9(8-13-10)11(15)14(3)5-2/h6-8H,4-5H2,1-3H3,(H,12,13). The fourth-order valence-electron chi connectivity index (χ4n) is 1.17. The molecule has 0 aliphatic rings. The summed E-state index contributed by atoms with van der Waals surface area (Å²) in [6, 6.07) is 3.61. The topological polar surface area (TPSA) is 45.2 Å². The highest BCUT2D eigenvalue weighted by molar-refractivity contribution is 5.93. The molecule has 1 rings (SSSR count). The van der Waals surface area contributed by atoms with Gasteiger partial charge in [-0.1, -0.05) is 0 Å². The Hall–Kier alpha value is -1.58. The van der Waals surface area contributed by atoms with Crippen molar-refractivity contribution in [2.24, 2.45) is 0 Å². The number of pyridine rings is 1. The van der Waals surface area contributed by atoms with Crippen LogP contribution in [0.3, 0.4) is 0 Å². The van der Waals surface area contributed by atoms with Gasteiger partial charge in [0.15, 0.2) is 0 Å². The Balaban J connectivity index is 2.75. The van der Waals surface area contributed by atoms with Gasteiger partial charge in [-0.25, -0.2) is 4.98 Å². The van der Waals surface area contributed by atoms with E-state index in [2.05, 4.69) is 10.3 Å². The summed E-state index contributed by atoms with van der Waals surface area (Å²) in [5, 5.41) is 3.08. The number of rotatable bonds is 4. The van der Waals surface area contributed by atoms with Crippen molar-refractivity contribution in [2.45, 2.75) is 13.8 Å². The molecular weight excluding hydrogens is 190 g/mol. The quantitative estimate of drug-likeness (QED) is 0.815. The molecule has 1 amide bonds. The second-order valence-corrected chi connectivity index (χ2v) is 3.28. The van der Waals surface area contributed by atoms with Gasteiger partial charge >= 0.3 is 0 Å². The number of anilines is 1. The van der Waals surface area contributed by atoms with E-state index in [1.165, 1.54) is 0 Å². The number of carbonyl (C=O) groups excluding carboxylic acids is 1. The van der Waals surface area contributed by atoms with Gasteiger partial charge in [-0.3, -0.25) is 4.79 Å². The molecule has 1 aromatic rings. The Morgan fingerprint density at radius 2 is 2.20 bits per heavy atom. The molecule has 0 bridgehead atoms. The zero-order chi connectivity index (χ0) is 11.3. The van der Waals surface area contributed by atoms with E-state index >= 15 is 0 Å². The summed E-state index contributed by atoms with van der Waals surface area (Å²) in [4.78, 5) is 17.5. The molecule has 82 valence electrons. The minimum Gasteiger partial charge on any atom is -0.370 e. The fourth-order valence-corrected chi connectivity index (χ4v) is 1.17. The lowest BCUT2D eigenvalue weighted by atomic mass is 10.2. The first kappa shape index (κ1) is 11.5. The Bertz CT molecular complexity index is 321. The van der Waals surface area contributed by atoms with Crippen molar-refractivity contribution < 1.29 is 4.79 Å². The molecule has 4 heteroatoms. The molecule has 0 spiro atoms. The smallest absolute Gasteiger partial charge is 0.255 e. The molecule has 4 nitrogen and oxygen atoms in total. The Kier molecular flexibility index (Phi) is 4.09. The van der Waals surface area contributed by atoms with E-state index in [-0.39, 0.29) is 5.91 Å². The van der Waals surface area contributed by atoms with E-state index in [0.717, 1.165) is 12.4 Å². The van der Waals surface area contributed by atoms with Crippen LogP contribution in [0.1, 0.15) is 24.2 Å². The van der Waals surface area contributed by atoms with Crippen LogP contribution in [0.5, 0.6) is 0 Å². The predicted molar refractivity (Wildman–Crippen MR) is 61.0 cm³/mol. The van der Waals surface area contributed by atoms with Crippen molar-refractivity contribution in [3.8, 4) is 0 Å². The van der Waals surface area contributed by atoms with Gasteiger partial charge in [0.25, 0.3) is 5.91 Å². The summed E-state index contributed by atoms with van der Waals surface area (Å²) >= 11 is 0. The lowest BCUT2D eigenvalue weighted by molar-refractivity contribution is 0.0802. The Morgan fingerprint density at radius 1 is 1.47 bits per heavy atom. The third-order valence-corrected chi connectivity index (χ3v) is 2.19. The first-order valence-corrected chi connectivity index (χ1v) is 5.14. The molecule has 0 aliphatic carbocycles. The summed E-state index contributed by atoms with van der Waals surface area (Å²) in [7, 11) is 1.78. The van der Waals surface area contributed by atoms with Crippen LogP contribution in [0, 0.1) is 0 Å². The Labute approximate surface area is 90.3 Å². The summed E-state index contributed by atoms with van der Waals surface area (Å²) in [5.74, 6) is 0.807. The number of amides is 1. The van der Waals surface area contributed by atoms with Crippen LogP contribution in [0.25, 0.3) is 0 Å². The van der Waals surface area contributed by atoms with Gasteiger partial charge in [0.1, 0.15) is 5.82 Å². The normalized spacial score (nSPS) is 9.80. The number of hydrogen-bond acceptors (Lipinski definition) is 3. The minimum atomic E-state index is 0.00745. The number of aromatic nitrogens is 1. The van der Waals surface area contributed by atoms with E-state index in [1.54, 1.807) is 24.2 Å². The molecule has 0 radical (unpaired) electrons. The maximum Gasteiger partial charge on any atom is 0.255 e. The molecule has 0 aliphatic heterocycles. The van der Waals surface area contributed by atoms with Crippen LogP contribution in [0.15, 0.2) is 18.3 Å². The lowest BCUT2D eigenvalue weighted by Crippen LogP contribution is -2.26. The second kappa shape index (κ2) is 5.34. The van der Waals surface area contributed by atoms with E-state index in [4.69, 9.17) is 0 Å². The van der Waals surface area contributed by atoms with Crippen molar-refractivity contribution in [3.63, 3.8) is 0 Å². The minimum absolute atomic E-state index is 0.00745. The summed E-state index contributed by atoms with van der Waals surface area (Å²) in [6.07, 6.45) is 1.60. The highest BCUT2D eigenvalue weighted by Gasteiger charge is 2.09. The Morgan fingerprint density at radius 3 is 2.67 bits per heavy atom. The lowest BCUT2D eigenvalue weighted by Gasteiger charge is -2.14. The molecule has 15 heavy (non-hydrogen) atoms. The highest BCUT2D eigenvalue weighted by Crippen LogP contribution is 2.06. The molecule has 1 aromatic heterocycles. The third-order valence-electron chi connectivity index (χ3n) is 2.19. The number of nitrogens with zero attached hydrogens (tertiary/aromatic N) is 2. The van der Waals surface area contributed by atoms with E-state index in [0.29, 0.717) is 12.1 Å². The van der Waals surface area contributed by atoms with Crippen molar-refractivity contribution in [2.75, 3.05) is 25.5 Å². The predicted octanol–water partition coefficient (Wildman–Crippen LogP) is 1.61. The van der Waals surface area contributed by atoms with Crippen LogP contribution in [-0.4, -0.2) is 35.9 Å². The maximum absolute atomic E-state index is 11.7. The van der Waals surface area contributed by atoms with Crippen LogP contribution in [-0.2, 0) is 0 Å². The van der Waals surface area contributed by atoms with E-state index < -0.39 is 0 Å². The molecule has 0 atom stereocenters. The van der Waals surface area contributed by atoms with Crippen molar-refractivity contribution in [1.82, 2.24) is 9.88 Å². The van der Waals surface area contributed by atoms with Crippen molar-refractivity contribution >= 4 is 11.7 Å². The van der Waals surface area contributed by atoms with Crippen LogP contribution < -0.4 is 5.32 Å². The van der Waals surface area contributed by atoms with E-state index in [1.807, 2.05) is 19.9 Å². The summed E-state index contributed by atoms with van der Waals surface area (Å²) < 4.78 is 0. The van der Waals surface area contributed by atoms with Gasteiger partial charge < -0.3 is 10.2 Å². The van der Waals surface area contributed by atoms with Crippen molar-refractivity contribution in [1.29, 1.82) is 0 Å². The van der Waals surface area contributed by atoms with Crippen LogP contribution >= 0.6 is 0 Å². The van der Waals surface area contributed by atoms with Gasteiger partial charge in [0.05, 0.1) is 5.56 Å². The second-order valence-electron chi connectivity index (χ2n) is 3.28. The largest absolute Gasteiger partial charge is 0.370 e. The van der Waals surface area contributed by atoms with E-state index in [9.17, 15) is 4.79 Å². The summed E-state index contributed by atoms with van der Waals surface area (Å²) in [5.41, 5.74) is 0.626. The molecule has 0 saturated heterocycles. The zero-order valence-electron chi connectivity index (χ0n) is 9.45. The van der Waals surface area contributed by atoms with Gasteiger partial charge in [-0.2, -0.15) is 0 Å². The maximum atomic E-state index is 11.7.